The molecule has 0 spiro atoms. The van der Waals surface area contributed by atoms with Gasteiger partial charge in [0.1, 0.15) is 37.0 Å². The Morgan fingerprint density at radius 3 is 2.62 bits per heavy atom. The quantitative estimate of drug-likeness (QED) is 0.504. The maximum absolute atomic E-state index is 12.1. The highest BCUT2D eigenvalue weighted by molar-refractivity contribution is 6.32. The van der Waals surface area contributed by atoms with E-state index in [1.807, 2.05) is 12.1 Å². The van der Waals surface area contributed by atoms with E-state index in [2.05, 4.69) is 20.8 Å². The first-order valence-electron chi connectivity index (χ1n) is 8.81. The van der Waals surface area contributed by atoms with Crippen molar-refractivity contribution in [1.82, 2.24) is 25.5 Å². The van der Waals surface area contributed by atoms with Crippen LogP contribution in [0.3, 0.4) is 0 Å². The number of nitrogens with one attached hydrogen (secondary N) is 1. The largest absolute Gasteiger partial charge is 0.497 e. The van der Waals surface area contributed by atoms with Gasteiger partial charge in [-0.15, -0.1) is 5.10 Å². The Hall–Kier alpha value is -3.33. The normalized spacial score (nSPS) is 10.4. The number of methoxy groups -OCH3 is 1. The molecule has 2 aromatic carbocycles. The van der Waals surface area contributed by atoms with Gasteiger partial charge in [-0.1, -0.05) is 23.7 Å². The van der Waals surface area contributed by atoms with E-state index < -0.39 is 0 Å². The summed E-state index contributed by atoms with van der Waals surface area (Å²) in [6.07, 6.45) is 0. The minimum absolute atomic E-state index is 0.0310. The molecule has 29 heavy (non-hydrogen) atoms. The summed E-state index contributed by atoms with van der Waals surface area (Å²) in [5, 5.41) is 14.5. The molecule has 3 aromatic rings. The van der Waals surface area contributed by atoms with E-state index >= 15 is 0 Å². The lowest BCUT2D eigenvalue weighted by molar-refractivity contribution is -0.122. The van der Waals surface area contributed by atoms with Gasteiger partial charge in [0.05, 0.1) is 18.7 Å². The Labute approximate surface area is 172 Å². The zero-order valence-electron chi connectivity index (χ0n) is 15.7. The van der Waals surface area contributed by atoms with E-state index in [1.165, 1.54) is 4.68 Å². The zero-order chi connectivity index (χ0) is 20.5. The lowest BCUT2D eigenvalue weighted by Gasteiger charge is -2.10. The highest BCUT2D eigenvalue weighted by Crippen LogP contribution is 2.23. The van der Waals surface area contributed by atoms with Crippen molar-refractivity contribution in [1.29, 1.82) is 0 Å². The summed E-state index contributed by atoms with van der Waals surface area (Å²) in [7, 11) is 1.60. The van der Waals surface area contributed by atoms with Crippen molar-refractivity contribution in [2.24, 2.45) is 0 Å². The Bertz CT molecular complexity index is 932. The SMILES string of the molecule is COc1ccc(OCCNC(=O)Cn2nnnc2COc2ccccc2Cl)cc1. The molecular weight excluding hydrogens is 398 g/mol. The van der Waals surface area contributed by atoms with E-state index in [4.69, 9.17) is 25.8 Å². The van der Waals surface area contributed by atoms with Crippen LogP contribution in [0.4, 0.5) is 0 Å². The number of halogens is 1. The third kappa shape index (κ3) is 6.08. The minimum Gasteiger partial charge on any atom is -0.497 e. The first-order chi connectivity index (χ1) is 14.2. The Balaban J connectivity index is 1.41. The molecule has 0 radical (unpaired) electrons. The number of ether oxygens (including phenoxy) is 3. The monoisotopic (exact) mass is 417 g/mol. The fourth-order valence-corrected chi connectivity index (χ4v) is 2.57. The molecule has 0 saturated heterocycles. The predicted molar refractivity (Wildman–Crippen MR) is 105 cm³/mol. The molecule has 9 nitrogen and oxygen atoms in total. The summed E-state index contributed by atoms with van der Waals surface area (Å²) in [4.78, 5) is 12.1. The molecular formula is C19H20ClN5O4. The average Bonchev–Trinajstić information content (AvgIpc) is 3.18. The van der Waals surface area contributed by atoms with Gasteiger partial charge in [0, 0.05) is 0 Å². The summed E-state index contributed by atoms with van der Waals surface area (Å²) in [5.41, 5.74) is 0. The van der Waals surface area contributed by atoms with Gasteiger partial charge in [-0.25, -0.2) is 4.68 Å². The van der Waals surface area contributed by atoms with Crippen molar-refractivity contribution in [2.45, 2.75) is 13.2 Å². The second-order valence-corrected chi connectivity index (χ2v) is 6.25. The van der Waals surface area contributed by atoms with Gasteiger partial charge in [-0.05, 0) is 46.8 Å². The standard InChI is InChI=1S/C19H20ClN5O4/c1-27-14-6-8-15(9-7-14)28-11-10-21-19(26)12-25-18(22-23-24-25)13-29-17-5-3-2-4-16(17)20/h2-9H,10-13H2,1H3,(H,21,26). The van der Waals surface area contributed by atoms with Crippen LogP contribution in [0.25, 0.3) is 0 Å². The molecule has 0 bridgehead atoms. The molecule has 0 atom stereocenters. The van der Waals surface area contributed by atoms with Crippen LogP contribution >= 0.6 is 11.6 Å². The topological polar surface area (TPSA) is 100 Å². The molecule has 1 amide bonds. The van der Waals surface area contributed by atoms with Crippen molar-refractivity contribution < 1.29 is 19.0 Å². The molecule has 1 aromatic heterocycles. The predicted octanol–water partition coefficient (Wildman–Crippen LogP) is 2.11. The number of rotatable bonds is 10. The van der Waals surface area contributed by atoms with Gasteiger partial charge in [-0.3, -0.25) is 4.79 Å². The number of amides is 1. The average molecular weight is 418 g/mol. The summed E-state index contributed by atoms with van der Waals surface area (Å²) < 4.78 is 17.6. The van der Waals surface area contributed by atoms with Crippen molar-refractivity contribution in [3.63, 3.8) is 0 Å². The van der Waals surface area contributed by atoms with Crippen molar-refractivity contribution >= 4 is 17.5 Å². The zero-order valence-corrected chi connectivity index (χ0v) is 16.5. The number of aromatic nitrogens is 4. The van der Waals surface area contributed by atoms with Crippen LogP contribution in [0.5, 0.6) is 17.2 Å². The Kier molecular flexibility index (Phi) is 7.23. The second kappa shape index (κ2) is 10.3. The maximum atomic E-state index is 12.1. The van der Waals surface area contributed by atoms with E-state index in [0.29, 0.717) is 35.5 Å². The number of para-hydroxylation sites is 1. The fourth-order valence-electron chi connectivity index (χ4n) is 2.38. The summed E-state index contributed by atoms with van der Waals surface area (Å²) in [6.45, 7) is 0.732. The Morgan fingerprint density at radius 1 is 1.10 bits per heavy atom. The molecule has 0 saturated carbocycles. The number of carbonyl (C=O) groups is 1. The van der Waals surface area contributed by atoms with Gasteiger partial charge in [0.2, 0.25) is 5.91 Å². The lowest BCUT2D eigenvalue weighted by Crippen LogP contribution is -2.32. The maximum Gasteiger partial charge on any atom is 0.242 e. The van der Waals surface area contributed by atoms with Crippen molar-refractivity contribution in [3.8, 4) is 17.2 Å². The molecule has 0 unspecified atom stereocenters. The molecule has 0 fully saturated rings. The molecule has 3 rings (SSSR count). The van der Waals surface area contributed by atoms with E-state index in [-0.39, 0.29) is 19.1 Å². The van der Waals surface area contributed by atoms with Gasteiger partial charge in [0.25, 0.3) is 0 Å². The van der Waals surface area contributed by atoms with Crippen LogP contribution in [0.1, 0.15) is 5.82 Å². The molecule has 0 aliphatic heterocycles. The minimum atomic E-state index is -0.241. The molecule has 10 heteroatoms. The van der Waals surface area contributed by atoms with E-state index in [9.17, 15) is 4.79 Å². The van der Waals surface area contributed by atoms with Gasteiger partial charge in [-0.2, -0.15) is 0 Å². The third-order valence-electron chi connectivity index (χ3n) is 3.85. The van der Waals surface area contributed by atoms with Crippen LogP contribution in [-0.4, -0.2) is 46.4 Å². The number of benzene rings is 2. The van der Waals surface area contributed by atoms with E-state index in [0.717, 1.165) is 5.75 Å². The smallest absolute Gasteiger partial charge is 0.242 e. The molecule has 1 N–H and O–H groups in total. The van der Waals surface area contributed by atoms with Crippen molar-refractivity contribution in [2.75, 3.05) is 20.3 Å². The van der Waals surface area contributed by atoms with Crippen LogP contribution < -0.4 is 19.5 Å². The highest BCUT2D eigenvalue weighted by atomic mass is 35.5. The highest BCUT2D eigenvalue weighted by Gasteiger charge is 2.12. The van der Waals surface area contributed by atoms with Crippen LogP contribution in [-0.2, 0) is 17.9 Å². The molecule has 1 heterocycles. The number of hydrogen-bond donors (Lipinski definition) is 1. The summed E-state index contributed by atoms with van der Waals surface area (Å²) in [6, 6.07) is 14.3. The van der Waals surface area contributed by atoms with Crippen LogP contribution in [0.15, 0.2) is 48.5 Å². The fraction of sp³-hybridized carbons (Fsp3) is 0.263. The van der Waals surface area contributed by atoms with Crippen LogP contribution in [0.2, 0.25) is 5.02 Å². The molecule has 0 aliphatic rings. The third-order valence-corrected chi connectivity index (χ3v) is 4.16. The molecule has 152 valence electrons. The number of tetrazole rings is 1. The first kappa shape index (κ1) is 20.4. The van der Waals surface area contributed by atoms with Gasteiger partial charge < -0.3 is 19.5 Å². The number of nitrogens with zero attached hydrogens (tertiary/aromatic N) is 4. The number of carbonyl (C=O) groups excluding carboxylic acids is 1. The second-order valence-electron chi connectivity index (χ2n) is 5.85. The van der Waals surface area contributed by atoms with Crippen LogP contribution in [0, 0.1) is 0 Å². The van der Waals surface area contributed by atoms with E-state index in [1.54, 1.807) is 43.5 Å². The lowest BCUT2D eigenvalue weighted by atomic mass is 10.3. The summed E-state index contributed by atoms with van der Waals surface area (Å²) in [5.74, 6) is 2.13. The number of hydrogen-bond acceptors (Lipinski definition) is 7. The summed E-state index contributed by atoms with van der Waals surface area (Å²) >= 11 is 6.05. The first-order valence-corrected chi connectivity index (χ1v) is 9.19. The molecule has 0 aliphatic carbocycles. The van der Waals surface area contributed by atoms with Gasteiger partial charge in [0.15, 0.2) is 5.82 Å². The van der Waals surface area contributed by atoms with Gasteiger partial charge >= 0.3 is 0 Å². The van der Waals surface area contributed by atoms with Crippen molar-refractivity contribution in [3.05, 3.63) is 59.4 Å². The Morgan fingerprint density at radius 2 is 1.86 bits per heavy atom.